The Morgan fingerprint density at radius 2 is 1.93 bits per heavy atom. The van der Waals surface area contributed by atoms with Crippen molar-refractivity contribution in [2.75, 3.05) is 11.9 Å². The maximum absolute atomic E-state index is 12.4. The summed E-state index contributed by atoms with van der Waals surface area (Å²) in [5.41, 5.74) is 5.39. The van der Waals surface area contributed by atoms with Crippen LogP contribution in [-0.2, 0) is 14.3 Å². The summed E-state index contributed by atoms with van der Waals surface area (Å²) in [4.78, 5) is 48.1. The van der Waals surface area contributed by atoms with Crippen molar-refractivity contribution in [3.05, 3.63) is 51.2 Å². The van der Waals surface area contributed by atoms with Gasteiger partial charge in [-0.2, -0.15) is 0 Å². The minimum absolute atomic E-state index is 0.166. The van der Waals surface area contributed by atoms with Crippen LogP contribution in [0.25, 0.3) is 10.1 Å². The van der Waals surface area contributed by atoms with Gasteiger partial charge in [0.25, 0.3) is 17.7 Å². The molecule has 2 heterocycles. The summed E-state index contributed by atoms with van der Waals surface area (Å²) >= 11 is 8.57. The first-order valence-corrected chi connectivity index (χ1v) is 10.7. The van der Waals surface area contributed by atoms with Crippen LogP contribution in [0.4, 0.5) is 5.00 Å². The van der Waals surface area contributed by atoms with E-state index in [-0.39, 0.29) is 15.4 Å². The van der Waals surface area contributed by atoms with Crippen LogP contribution in [-0.4, -0.2) is 36.3 Å². The number of benzene rings is 1. The van der Waals surface area contributed by atoms with Crippen LogP contribution in [0.2, 0.25) is 5.02 Å². The van der Waals surface area contributed by atoms with E-state index in [2.05, 4.69) is 10.6 Å². The molecular weight excluding hydrogens is 450 g/mol. The second kappa shape index (κ2) is 9.24. The number of amides is 3. The number of ether oxygens (including phenoxy) is 1. The first kappa shape index (κ1) is 21.8. The summed E-state index contributed by atoms with van der Waals surface area (Å²) in [5, 5.41) is 7.86. The van der Waals surface area contributed by atoms with Gasteiger partial charge in [0.05, 0.1) is 10.6 Å². The predicted molar refractivity (Wildman–Crippen MR) is 116 cm³/mol. The van der Waals surface area contributed by atoms with Crippen LogP contribution in [0, 0.1) is 0 Å². The molecule has 4 N–H and O–H groups in total. The van der Waals surface area contributed by atoms with Crippen LogP contribution in [0.1, 0.15) is 27.0 Å². The van der Waals surface area contributed by atoms with E-state index < -0.39 is 36.3 Å². The van der Waals surface area contributed by atoms with Gasteiger partial charge in [0.15, 0.2) is 6.10 Å². The molecular formula is C19H16ClN3O5S2. The van der Waals surface area contributed by atoms with Gasteiger partial charge in [0, 0.05) is 10.1 Å². The molecule has 11 heteroatoms. The number of carbonyl (C=O) groups excluding carboxylic acids is 4. The number of fused-ring (bicyclic) bond motifs is 1. The van der Waals surface area contributed by atoms with E-state index in [1.165, 1.54) is 24.3 Å². The molecule has 3 amide bonds. The fraction of sp³-hybridized carbons (Fsp3) is 0.158. The molecule has 2 aromatic heterocycles. The zero-order valence-electron chi connectivity index (χ0n) is 15.6. The fourth-order valence-electron chi connectivity index (χ4n) is 2.50. The average Bonchev–Trinajstić information content (AvgIpc) is 3.31. The lowest BCUT2D eigenvalue weighted by Crippen LogP contribution is -2.35. The van der Waals surface area contributed by atoms with E-state index in [1.54, 1.807) is 11.4 Å². The van der Waals surface area contributed by atoms with E-state index in [0.717, 1.165) is 21.4 Å². The molecule has 0 fully saturated rings. The highest BCUT2D eigenvalue weighted by Gasteiger charge is 2.22. The minimum atomic E-state index is -1.15. The molecule has 0 radical (unpaired) electrons. The van der Waals surface area contributed by atoms with Gasteiger partial charge in [-0.3, -0.25) is 19.2 Å². The molecule has 30 heavy (non-hydrogen) atoms. The molecule has 156 valence electrons. The summed E-state index contributed by atoms with van der Waals surface area (Å²) in [7, 11) is 0. The lowest BCUT2D eigenvalue weighted by atomic mass is 10.2. The smallest absolute Gasteiger partial charge is 0.326 e. The van der Waals surface area contributed by atoms with Crippen LogP contribution >= 0.6 is 34.3 Å². The first-order valence-electron chi connectivity index (χ1n) is 8.60. The van der Waals surface area contributed by atoms with Crippen molar-refractivity contribution < 1.29 is 23.9 Å². The molecule has 0 saturated heterocycles. The second-order valence-electron chi connectivity index (χ2n) is 6.07. The van der Waals surface area contributed by atoms with Gasteiger partial charge < -0.3 is 21.1 Å². The number of rotatable bonds is 7. The molecule has 8 nitrogen and oxygen atoms in total. The number of hydrogen-bond donors (Lipinski definition) is 3. The summed E-state index contributed by atoms with van der Waals surface area (Å²) < 4.78 is 5.88. The van der Waals surface area contributed by atoms with Crippen molar-refractivity contribution in [2.24, 2.45) is 5.73 Å². The van der Waals surface area contributed by atoms with Gasteiger partial charge in [-0.25, -0.2) is 0 Å². The third-order valence-corrected chi connectivity index (χ3v) is 6.48. The lowest BCUT2D eigenvalue weighted by Gasteiger charge is -2.13. The van der Waals surface area contributed by atoms with Gasteiger partial charge in [0.1, 0.15) is 16.4 Å². The Balaban J connectivity index is 1.53. The number of nitrogens with two attached hydrogens (primary N) is 1. The van der Waals surface area contributed by atoms with E-state index in [0.29, 0.717) is 5.02 Å². The SMILES string of the molecule is CC(OC(=O)CNC(=O)c1sc2ccccc2c1Cl)C(=O)Nc1sccc1C(N)=O. The number of thiophene rings is 2. The van der Waals surface area contributed by atoms with Crippen molar-refractivity contribution in [1.82, 2.24) is 5.32 Å². The van der Waals surface area contributed by atoms with E-state index >= 15 is 0 Å². The number of esters is 1. The average molecular weight is 466 g/mol. The molecule has 3 rings (SSSR count). The van der Waals surface area contributed by atoms with Gasteiger partial charge in [0.2, 0.25) is 0 Å². The molecule has 1 unspecified atom stereocenters. The van der Waals surface area contributed by atoms with E-state index in [4.69, 9.17) is 22.1 Å². The quantitative estimate of drug-likeness (QED) is 0.462. The molecule has 0 aliphatic carbocycles. The largest absolute Gasteiger partial charge is 0.451 e. The Hall–Kier alpha value is -2.95. The Morgan fingerprint density at radius 3 is 2.63 bits per heavy atom. The van der Waals surface area contributed by atoms with Crippen LogP contribution in [0.5, 0.6) is 0 Å². The van der Waals surface area contributed by atoms with Crippen LogP contribution in [0.3, 0.4) is 0 Å². The van der Waals surface area contributed by atoms with Gasteiger partial charge in [-0.1, -0.05) is 29.8 Å². The molecule has 0 bridgehead atoms. The van der Waals surface area contributed by atoms with E-state index in [9.17, 15) is 19.2 Å². The minimum Gasteiger partial charge on any atom is -0.451 e. The zero-order chi connectivity index (χ0) is 21.8. The van der Waals surface area contributed by atoms with E-state index in [1.807, 2.05) is 18.2 Å². The second-order valence-corrected chi connectivity index (χ2v) is 8.42. The number of carbonyl (C=O) groups is 4. The maximum atomic E-state index is 12.4. The van der Waals surface area contributed by atoms with Crippen LogP contribution < -0.4 is 16.4 Å². The number of halogens is 1. The van der Waals surface area contributed by atoms with Gasteiger partial charge >= 0.3 is 5.97 Å². The Morgan fingerprint density at radius 1 is 1.20 bits per heavy atom. The normalized spacial score (nSPS) is 11.7. The third-order valence-electron chi connectivity index (χ3n) is 3.98. The van der Waals surface area contributed by atoms with Crippen LogP contribution in [0.15, 0.2) is 35.7 Å². The number of anilines is 1. The fourth-order valence-corrected chi connectivity index (χ4v) is 4.73. The first-order chi connectivity index (χ1) is 14.3. The number of primary amides is 1. The molecule has 1 atom stereocenters. The standard InChI is InChI=1S/C19H16ClN3O5S2/c1-9(17(26)23-19-11(16(21)25)6-7-29-19)28-13(24)8-22-18(27)15-14(20)10-4-2-3-5-12(10)30-15/h2-7,9H,8H2,1H3,(H2,21,25)(H,22,27)(H,23,26). The van der Waals surface area contributed by atoms with Crippen molar-refractivity contribution in [2.45, 2.75) is 13.0 Å². The van der Waals surface area contributed by atoms with Gasteiger partial charge in [-0.05, 0) is 24.4 Å². The molecule has 0 spiro atoms. The number of nitrogens with one attached hydrogen (secondary N) is 2. The molecule has 0 aliphatic rings. The Kier molecular flexibility index (Phi) is 6.70. The van der Waals surface area contributed by atoms with Gasteiger partial charge in [-0.15, -0.1) is 22.7 Å². The highest BCUT2D eigenvalue weighted by Crippen LogP contribution is 2.34. The predicted octanol–water partition coefficient (Wildman–Crippen LogP) is 3.02. The molecule has 0 aliphatic heterocycles. The Labute approximate surface area is 184 Å². The molecule has 3 aromatic rings. The zero-order valence-corrected chi connectivity index (χ0v) is 18.0. The summed E-state index contributed by atoms with van der Waals surface area (Å²) in [6.45, 7) is 0.933. The van der Waals surface area contributed by atoms with Crippen molar-refractivity contribution in [3.8, 4) is 0 Å². The lowest BCUT2D eigenvalue weighted by molar-refractivity contribution is -0.152. The molecule has 0 saturated carbocycles. The highest BCUT2D eigenvalue weighted by atomic mass is 35.5. The summed E-state index contributed by atoms with van der Waals surface area (Å²) in [6.07, 6.45) is -1.15. The summed E-state index contributed by atoms with van der Waals surface area (Å²) in [5.74, 6) is -2.63. The monoisotopic (exact) mass is 465 g/mol. The van der Waals surface area contributed by atoms with Crippen molar-refractivity contribution >= 4 is 73.1 Å². The topological polar surface area (TPSA) is 128 Å². The Bertz CT molecular complexity index is 1140. The van der Waals surface area contributed by atoms with Crippen molar-refractivity contribution in [3.63, 3.8) is 0 Å². The number of hydrogen-bond acceptors (Lipinski definition) is 7. The highest BCUT2D eigenvalue weighted by molar-refractivity contribution is 7.21. The maximum Gasteiger partial charge on any atom is 0.326 e. The summed E-state index contributed by atoms with van der Waals surface area (Å²) in [6, 6.07) is 8.78. The third kappa shape index (κ3) is 4.78. The van der Waals surface area contributed by atoms with Crippen molar-refractivity contribution in [1.29, 1.82) is 0 Å². The molecule has 1 aromatic carbocycles.